The molecule has 0 aromatic carbocycles. The van der Waals surface area contributed by atoms with E-state index in [1.165, 1.54) is 41.3 Å². The molecule has 5 N–H and O–H groups in total. The van der Waals surface area contributed by atoms with E-state index in [1.807, 2.05) is 27.1 Å². The second-order valence-electron chi connectivity index (χ2n) is 15.2. The van der Waals surface area contributed by atoms with Gasteiger partial charge in [-0.3, -0.25) is 29.4 Å². The molecule has 5 atom stereocenters. The van der Waals surface area contributed by atoms with E-state index in [0.29, 0.717) is 43.9 Å². The number of ether oxygens (including phenoxy) is 1. The first-order chi connectivity index (χ1) is 25.1. The molecule has 1 heterocycles. The number of hydrogen-bond donors (Lipinski definition) is 4. The van der Waals surface area contributed by atoms with Crippen LogP contribution < -0.4 is 11.1 Å². The fraction of sp³-hybridized carbons (Fsp3) is 0.775. The van der Waals surface area contributed by atoms with Gasteiger partial charge in [-0.15, -0.1) is 6.92 Å². The fourth-order valence-corrected chi connectivity index (χ4v) is 6.04. The molecule has 0 radical (unpaired) electrons. The van der Waals surface area contributed by atoms with Crippen molar-refractivity contribution in [3.63, 3.8) is 0 Å². The Balaban J connectivity index is -0.000000404. The van der Waals surface area contributed by atoms with Crippen LogP contribution >= 0.6 is 11.8 Å². The number of carbonyl (C=O) groups excluding carboxylic acids is 6. The summed E-state index contributed by atoms with van der Waals surface area (Å²) in [6, 6.07) is 0. The first kappa shape index (κ1) is 59.9. The summed E-state index contributed by atoms with van der Waals surface area (Å²) in [5.41, 5.74) is 4.38. The molecular weight excluding hydrogens is 875 g/mol. The third-order valence-electron chi connectivity index (χ3n) is 9.39. The number of alkyl carbamates (subject to hydrolysis) is 1. The summed E-state index contributed by atoms with van der Waals surface area (Å²) in [7, 11) is 1.55. The number of aliphatic hydroxyl groups is 2. The molecule has 1 saturated carbocycles. The van der Waals surface area contributed by atoms with Crippen LogP contribution in [-0.4, -0.2) is 99.7 Å². The van der Waals surface area contributed by atoms with E-state index in [1.54, 1.807) is 20.0 Å². The SMILES string of the molecule is C=C[CH-]C.C=O.CC(CC(=O)N(C=O)CC1CCC(C(N)=O)CC1)SCCC(=O)N(C)C(C)O.CC(CC1C[C@@](C)(O)NC(=O)O1)C(C)(C)C.CCCC.[Dy]. The number of primary amides is 1. The number of unbranched alkanes of at least 4 members (excludes halogenated alkanes) is 1. The van der Waals surface area contributed by atoms with Gasteiger partial charge in [0, 0.05) is 87.9 Å². The molecule has 5 amide bonds. The van der Waals surface area contributed by atoms with E-state index in [0.717, 1.165) is 19.3 Å². The van der Waals surface area contributed by atoms with Gasteiger partial charge in [0.1, 0.15) is 24.8 Å². The Morgan fingerprint density at radius 2 is 1.62 bits per heavy atom. The van der Waals surface area contributed by atoms with Crippen molar-refractivity contribution in [3.8, 4) is 0 Å². The van der Waals surface area contributed by atoms with Gasteiger partial charge in [0.2, 0.25) is 24.1 Å². The van der Waals surface area contributed by atoms with Gasteiger partial charge in [0.25, 0.3) is 0 Å². The topological polar surface area (TPSA) is 197 Å². The van der Waals surface area contributed by atoms with Crippen molar-refractivity contribution in [2.24, 2.45) is 28.9 Å². The van der Waals surface area contributed by atoms with E-state index in [9.17, 15) is 34.2 Å². The summed E-state index contributed by atoms with van der Waals surface area (Å²) in [6.45, 7) is 25.8. The molecule has 2 rings (SSSR count). The Hall–Kier alpha value is -1.83. The smallest absolute Gasteiger partial charge is 0.409 e. The van der Waals surface area contributed by atoms with E-state index >= 15 is 0 Å². The Kier molecular flexibility index (Phi) is 36.1. The summed E-state index contributed by atoms with van der Waals surface area (Å²) in [5, 5.41) is 21.6. The van der Waals surface area contributed by atoms with Gasteiger partial charge in [0.15, 0.2) is 0 Å². The number of nitrogens with two attached hydrogens (primary N) is 1. The summed E-state index contributed by atoms with van der Waals surface area (Å²) in [5.74, 6) is 0.444. The molecule has 15 heteroatoms. The molecule has 0 bridgehead atoms. The van der Waals surface area contributed by atoms with Gasteiger partial charge < -0.3 is 30.4 Å². The zero-order chi connectivity index (χ0) is 42.7. The van der Waals surface area contributed by atoms with Crippen molar-refractivity contribution in [3.05, 3.63) is 19.1 Å². The molecule has 2 aliphatic rings. The predicted octanol–water partition coefficient (Wildman–Crippen LogP) is 6.25. The van der Waals surface area contributed by atoms with E-state index < -0.39 is 18.0 Å². The van der Waals surface area contributed by atoms with Gasteiger partial charge in [-0.1, -0.05) is 61.3 Å². The number of amides is 5. The second kappa shape index (κ2) is 33.2. The molecule has 4 unspecified atom stereocenters. The van der Waals surface area contributed by atoms with Crippen molar-refractivity contribution in [2.45, 2.75) is 157 Å². The minimum Gasteiger partial charge on any atom is -0.446 e. The van der Waals surface area contributed by atoms with Crippen molar-refractivity contribution < 1.29 is 81.9 Å². The third-order valence-corrected chi connectivity index (χ3v) is 10.6. The Morgan fingerprint density at radius 1 is 1.11 bits per heavy atom. The second-order valence-corrected chi connectivity index (χ2v) is 16.8. The number of nitrogens with zero attached hydrogens (tertiary/aromatic N) is 2. The van der Waals surface area contributed by atoms with Gasteiger partial charge in [-0.25, -0.2) is 23.9 Å². The fourth-order valence-electron chi connectivity index (χ4n) is 5.08. The maximum atomic E-state index is 12.4. The van der Waals surface area contributed by atoms with Gasteiger partial charge >= 0.3 is 6.09 Å². The number of allylic oxidation sites excluding steroid dienone is 1. The maximum absolute atomic E-state index is 12.4. The molecule has 0 spiro atoms. The van der Waals surface area contributed by atoms with Crippen LogP contribution in [0.5, 0.6) is 0 Å². The summed E-state index contributed by atoms with van der Waals surface area (Å²) >= 11 is 1.50. The van der Waals surface area contributed by atoms with E-state index in [-0.39, 0.29) is 97.3 Å². The molecule has 0 aromatic rings. The monoisotopic (exact) mass is 951 g/mol. The van der Waals surface area contributed by atoms with Crippen LogP contribution in [0.2, 0.25) is 0 Å². The molecule has 326 valence electrons. The van der Waals surface area contributed by atoms with Gasteiger partial charge in [0.05, 0.1) is 0 Å². The van der Waals surface area contributed by atoms with Crippen LogP contribution in [0.1, 0.15) is 133 Å². The minimum atomic E-state index is -1.14. The molecule has 0 aromatic heterocycles. The van der Waals surface area contributed by atoms with Crippen LogP contribution in [0, 0.1) is 67.8 Å². The molecule has 55 heavy (non-hydrogen) atoms. The predicted molar refractivity (Wildman–Crippen MR) is 218 cm³/mol. The quantitative estimate of drug-likeness (QED) is 0.0829. The number of imide groups is 1. The number of aliphatic hydroxyl groups excluding tert-OH is 1. The Bertz CT molecular complexity index is 1080. The summed E-state index contributed by atoms with van der Waals surface area (Å²) in [6.07, 6.45) is 10.0. The van der Waals surface area contributed by atoms with E-state index in [2.05, 4.69) is 53.4 Å². The minimum absolute atomic E-state index is 0. The third kappa shape index (κ3) is 30.0. The average Bonchev–Trinajstić information content (AvgIpc) is 3.10. The molecule has 13 nitrogen and oxygen atoms in total. The molecule has 1 aliphatic heterocycles. The van der Waals surface area contributed by atoms with Crippen molar-refractivity contribution >= 4 is 48.8 Å². The van der Waals surface area contributed by atoms with E-state index in [4.69, 9.17) is 15.3 Å². The van der Waals surface area contributed by atoms with Crippen LogP contribution in [0.15, 0.2) is 12.7 Å². The molecule has 1 aliphatic carbocycles. The van der Waals surface area contributed by atoms with Crippen LogP contribution in [0.3, 0.4) is 0 Å². The normalized spacial score (nSPS) is 21.5. The number of thioether (sulfide) groups is 1. The molecule has 2 fully saturated rings. The maximum Gasteiger partial charge on any atom is 0.409 e. The molecular formula is C40H75DyN4O9S-. The van der Waals surface area contributed by atoms with Crippen LogP contribution in [-0.2, 0) is 28.7 Å². The van der Waals surface area contributed by atoms with Crippen molar-refractivity contribution in [2.75, 3.05) is 19.3 Å². The number of carbonyl (C=O) groups is 6. The Labute approximate surface area is 367 Å². The van der Waals surface area contributed by atoms with Crippen molar-refractivity contribution in [1.82, 2.24) is 15.1 Å². The Morgan fingerprint density at radius 3 is 2.00 bits per heavy atom. The van der Waals surface area contributed by atoms with Crippen molar-refractivity contribution in [1.29, 1.82) is 0 Å². The average molecular weight is 951 g/mol. The first-order valence-corrected chi connectivity index (χ1v) is 20.1. The summed E-state index contributed by atoms with van der Waals surface area (Å²) in [4.78, 5) is 68.6. The number of nitrogens with one attached hydrogen (secondary N) is 1. The molecule has 1 saturated heterocycles. The van der Waals surface area contributed by atoms with Crippen LogP contribution in [0.4, 0.5) is 4.79 Å². The number of cyclic esters (lactones) is 1. The number of rotatable bonds is 15. The van der Waals surface area contributed by atoms with Crippen LogP contribution in [0.25, 0.3) is 0 Å². The largest absolute Gasteiger partial charge is 0.446 e. The zero-order valence-corrected chi connectivity index (χ0v) is 38.4. The summed E-state index contributed by atoms with van der Waals surface area (Å²) < 4.78 is 5.18. The zero-order valence-electron chi connectivity index (χ0n) is 35.5. The first-order valence-electron chi connectivity index (χ1n) is 19.1. The standard InChI is InChI=1S/C19H33N3O5S.C12H23NO3.C4H10.C4H7.CH2O.Dy/c1-13(28-9-8-17(25)21(3)14(2)24)10-18(26)22(12-23)11-15-4-6-16(7-5-15)19(20)27;1-8(11(2,3)4)6-9-7-12(5,15)13-10(14)16-9;2*1-3-4-2;1-2;/h12-16,24H,4-11H2,1-3H3,(H2,20,27);8-9,15H,6-7H2,1-5H3,(H,13,14);3-4H2,1-2H3;3-4H,1H2,2H3;1H2;/q;;;-1;;/t;8?,9?,12-;;;;/m.1..../s1. The van der Waals surface area contributed by atoms with Gasteiger partial charge in [-0.05, 0) is 63.2 Å². The number of hydrogen-bond acceptors (Lipinski definition) is 10. The van der Waals surface area contributed by atoms with Gasteiger partial charge in [-0.2, -0.15) is 11.8 Å².